The molecule has 1 fully saturated rings. The van der Waals surface area contributed by atoms with Gasteiger partial charge in [0.1, 0.15) is 12.7 Å². The Kier molecular flexibility index (Phi) is 6.38. The Bertz CT molecular complexity index is 1000. The predicted octanol–water partition coefficient (Wildman–Crippen LogP) is 3.33. The van der Waals surface area contributed by atoms with Crippen molar-refractivity contribution in [2.45, 2.75) is 44.3 Å². The Morgan fingerprint density at radius 2 is 1.91 bits per heavy atom. The number of carbonyl (C=O) groups is 1. The van der Waals surface area contributed by atoms with Gasteiger partial charge >= 0.3 is 6.18 Å². The molecule has 3 rings (SSSR count). The third-order valence-corrected chi connectivity index (χ3v) is 5.68. The molecule has 1 aromatic carbocycles. The molecule has 2 aromatic rings. The lowest BCUT2D eigenvalue weighted by Crippen LogP contribution is -2.47. The molecule has 1 unspecified atom stereocenters. The number of aliphatic hydroxyl groups is 1. The number of hydrogen-bond donors (Lipinski definition) is 2. The lowest BCUT2D eigenvalue weighted by Gasteiger charge is -2.32. The van der Waals surface area contributed by atoms with Crippen molar-refractivity contribution in [1.82, 2.24) is 9.97 Å². The molecule has 7 nitrogen and oxygen atoms in total. The first kappa shape index (κ1) is 23.8. The van der Waals surface area contributed by atoms with Crippen molar-refractivity contribution in [3.63, 3.8) is 0 Å². The van der Waals surface area contributed by atoms with Crippen molar-refractivity contribution >= 4 is 11.6 Å². The van der Waals surface area contributed by atoms with Crippen LogP contribution in [0.15, 0.2) is 24.5 Å². The number of amides is 1. The molecule has 4 atom stereocenters. The first-order valence-corrected chi connectivity index (χ1v) is 9.43. The second kappa shape index (κ2) is 8.58. The molecule has 32 heavy (non-hydrogen) atoms. The fraction of sp³-hybridized carbons (Fsp3) is 0.450. The van der Waals surface area contributed by atoms with E-state index in [4.69, 9.17) is 14.6 Å². The number of carbonyl (C=O) groups excluding carboxylic acids is 1. The number of methoxy groups -OCH3 is 1. The second-order valence-electron chi connectivity index (χ2n) is 7.48. The summed E-state index contributed by atoms with van der Waals surface area (Å²) in [5.74, 6) is -6.84. The van der Waals surface area contributed by atoms with Gasteiger partial charge in [-0.2, -0.15) is 17.6 Å². The highest BCUT2D eigenvalue weighted by Crippen LogP contribution is 2.54. The van der Waals surface area contributed by atoms with Gasteiger partial charge in [0.05, 0.1) is 25.2 Å². The molecule has 2 heterocycles. The van der Waals surface area contributed by atoms with Gasteiger partial charge in [-0.05, 0) is 13.0 Å². The molecule has 1 aliphatic rings. The van der Waals surface area contributed by atoms with Gasteiger partial charge in [-0.15, -0.1) is 0 Å². The molecule has 0 saturated carbocycles. The quantitative estimate of drug-likeness (QED) is 0.664. The number of hydrogen-bond acceptors (Lipinski definition) is 6. The van der Waals surface area contributed by atoms with Crippen LogP contribution in [0, 0.1) is 17.6 Å². The van der Waals surface area contributed by atoms with Gasteiger partial charge in [-0.1, -0.05) is 13.0 Å². The number of ether oxygens (including phenoxy) is 2. The smallest absolute Gasteiger partial charge is 0.417 e. The first-order chi connectivity index (χ1) is 14.9. The summed E-state index contributed by atoms with van der Waals surface area (Å²) in [5.41, 5.74) is -2.86. The van der Waals surface area contributed by atoms with E-state index in [1.165, 1.54) is 6.92 Å². The van der Waals surface area contributed by atoms with Crippen LogP contribution in [0.1, 0.15) is 31.2 Å². The Labute approximate surface area is 179 Å². The molecule has 1 saturated heterocycles. The van der Waals surface area contributed by atoms with Crippen LogP contribution in [-0.4, -0.2) is 46.0 Å². The zero-order chi connectivity index (χ0) is 23.8. The molecule has 2 N–H and O–H groups in total. The molecular formula is C20H20F5N3O4. The van der Waals surface area contributed by atoms with E-state index in [1.807, 2.05) is 0 Å². The fourth-order valence-electron chi connectivity index (χ4n) is 3.75. The minimum Gasteiger partial charge on any atom is -0.493 e. The van der Waals surface area contributed by atoms with E-state index in [9.17, 15) is 26.7 Å². The average Bonchev–Trinajstić information content (AvgIpc) is 3.02. The van der Waals surface area contributed by atoms with Gasteiger partial charge in [0, 0.05) is 17.4 Å². The van der Waals surface area contributed by atoms with Crippen molar-refractivity contribution in [3.8, 4) is 5.75 Å². The Morgan fingerprint density at radius 3 is 2.44 bits per heavy atom. The second-order valence-corrected chi connectivity index (χ2v) is 7.48. The standard InChI is InChI=1S/C20H20F5N3O4/c1-9-14(11-4-5-12(21)15(22)16(11)31-3)17(32-19(9,2)20(23,24)25)18(30)28-10-6-26-13(8-29)27-7-10/h4-7,9,14,17,29H,8H2,1-3H3,(H,28,30)/t9-,14-,17?,19+/m0/s1. The lowest BCUT2D eigenvalue weighted by molar-refractivity contribution is -0.272. The zero-order valence-corrected chi connectivity index (χ0v) is 17.2. The summed E-state index contributed by atoms with van der Waals surface area (Å²) in [6, 6.07) is 1.82. The van der Waals surface area contributed by atoms with Crippen LogP contribution in [0.25, 0.3) is 0 Å². The molecule has 0 bridgehead atoms. The number of benzene rings is 1. The molecule has 1 aromatic heterocycles. The number of halogens is 5. The van der Waals surface area contributed by atoms with E-state index < -0.39 is 59.6 Å². The van der Waals surface area contributed by atoms with E-state index in [0.717, 1.165) is 38.6 Å². The van der Waals surface area contributed by atoms with Gasteiger partial charge in [0.15, 0.2) is 23.0 Å². The summed E-state index contributed by atoms with van der Waals surface area (Å²) in [6.07, 6.45) is -4.28. The summed E-state index contributed by atoms with van der Waals surface area (Å²) in [4.78, 5) is 20.5. The zero-order valence-electron chi connectivity index (χ0n) is 17.2. The maximum atomic E-state index is 14.3. The Hall–Kier alpha value is -2.86. The molecule has 1 amide bonds. The normalized spacial score (nSPS) is 25.6. The number of rotatable bonds is 5. The van der Waals surface area contributed by atoms with E-state index in [1.54, 1.807) is 0 Å². The van der Waals surface area contributed by atoms with Gasteiger partial charge in [0.25, 0.3) is 5.91 Å². The maximum absolute atomic E-state index is 14.3. The number of nitrogens with zero attached hydrogens (tertiary/aromatic N) is 2. The molecule has 174 valence electrons. The molecule has 0 radical (unpaired) electrons. The SMILES string of the molecule is COc1c([C@H]2C(C(=O)Nc3cnc(CO)nc3)O[C@@](C)(C(F)(F)F)[C@H]2C)ccc(F)c1F. The topological polar surface area (TPSA) is 93.6 Å². The number of nitrogens with one attached hydrogen (secondary N) is 1. The first-order valence-electron chi connectivity index (χ1n) is 9.43. The number of aromatic nitrogens is 2. The molecule has 1 aliphatic heterocycles. The lowest BCUT2D eigenvalue weighted by atomic mass is 9.77. The molecular weight excluding hydrogens is 441 g/mol. The van der Waals surface area contributed by atoms with E-state index in [-0.39, 0.29) is 17.1 Å². The minimum absolute atomic E-state index is 0.0417. The number of alkyl halides is 3. The monoisotopic (exact) mass is 461 g/mol. The van der Waals surface area contributed by atoms with E-state index in [2.05, 4.69) is 15.3 Å². The molecule has 0 spiro atoms. The Morgan fingerprint density at radius 1 is 1.28 bits per heavy atom. The largest absolute Gasteiger partial charge is 0.493 e. The number of aliphatic hydroxyl groups excluding tert-OH is 1. The predicted molar refractivity (Wildman–Crippen MR) is 101 cm³/mol. The van der Waals surface area contributed by atoms with E-state index >= 15 is 0 Å². The van der Waals surface area contributed by atoms with Crippen molar-refractivity contribution in [2.75, 3.05) is 12.4 Å². The van der Waals surface area contributed by atoms with Crippen molar-refractivity contribution in [3.05, 3.63) is 47.5 Å². The van der Waals surface area contributed by atoms with Crippen molar-refractivity contribution in [1.29, 1.82) is 0 Å². The third-order valence-electron chi connectivity index (χ3n) is 5.68. The van der Waals surface area contributed by atoms with Gasteiger partial charge in [-0.3, -0.25) is 4.79 Å². The highest BCUT2D eigenvalue weighted by atomic mass is 19.4. The van der Waals surface area contributed by atoms with E-state index in [0.29, 0.717) is 0 Å². The number of anilines is 1. The summed E-state index contributed by atoms with van der Waals surface area (Å²) in [7, 11) is 1.04. The van der Waals surface area contributed by atoms with Gasteiger partial charge in [0.2, 0.25) is 5.82 Å². The maximum Gasteiger partial charge on any atom is 0.417 e. The van der Waals surface area contributed by atoms with Crippen LogP contribution in [0.2, 0.25) is 0 Å². The third kappa shape index (κ3) is 3.99. The van der Waals surface area contributed by atoms with Crippen LogP contribution in [0.3, 0.4) is 0 Å². The summed E-state index contributed by atoms with van der Waals surface area (Å²) in [5, 5.41) is 11.4. The average molecular weight is 461 g/mol. The van der Waals surface area contributed by atoms with Crippen LogP contribution in [-0.2, 0) is 16.1 Å². The van der Waals surface area contributed by atoms with Crippen LogP contribution in [0.4, 0.5) is 27.6 Å². The van der Waals surface area contributed by atoms with Gasteiger partial charge < -0.3 is 19.9 Å². The van der Waals surface area contributed by atoms with Crippen LogP contribution < -0.4 is 10.1 Å². The van der Waals surface area contributed by atoms with Crippen LogP contribution >= 0.6 is 0 Å². The van der Waals surface area contributed by atoms with Crippen LogP contribution in [0.5, 0.6) is 5.75 Å². The molecule has 12 heteroatoms. The summed E-state index contributed by atoms with van der Waals surface area (Å²) >= 11 is 0. The summed E-state index contributed by atoms with van der Waals surface area (Å²) in [6.45, 7) is 1.56. The highest BCUT2D eigenvalue weighted by Gasteiger charge is 2.65. The Balaban J connectivity index is 2.05. The van der Waals surface area contributed by atoms with Gasteiger partial charge in [-0.25, -0.2) is 14.4 Å². The highest BCUT2D eigenvalue weighted by molar-refractivity contribution is 5.95. The minimum atomic E-state index is -4.86. The van der Waals surface area contributed by atoms with Crippen molar-refractivity contribution in [2.24, 2.45) is 5.92 Å². The van der Waals surface area contributed by atoms with Crippen molar-refractivity contribution < 1.29 is 41.3 Å². The summed E-state index contributed by atoms with van der Waals surface area (Å²) < 4.78 is 79.9. The fourth-order valence-corrected chi connectivity index (χ4v) is 3.75. The molecule has 0 aliphatic carbocycles.